The van der Waals surface area contributed by atoms with Crippen molar-refractivity contribution in [1.29, 1.82) is 0 Å². The molecule has 0 unspecified atom stereocenters. The van der Waals surface area contributed by atoms with Crippen LogP contribution in [0.1, 0.15) is 58.3 Å². The van der Waals surface area contributed by atoms with Gasteiger partial charge < -0.3 is 13.6 Å². The van der Waals surface area contributed by atoms with Crippen LogP contribution in [0.25, 0.3) is 0 Å². The van der Waals surface area contributed by atoms with E-state index in [1.165, 1.54) is 7.11 Å². The highest BCUT2D eigenvalue weighted by Crippen LogP contribution is 2.23. The number of hydrogen-bond acceptors (Lipinski definition) is 4. The van der Waals surface area contributed by atoms with Crippen molar-refractivity contribution in [2.45, 2.75) is 110 Å². The minimum atomic E-state index is -1.72. The third kappa shape index (κ3) is 19.5. The summed E-state index contributed by atoms with van der Waals surface area (Å²) in [7, 11) is -1.97. The Morgan fingerprint density at radius 3 is 1.97 bits per heavy atom. The molecule has 0 N–H and O–H groups in total. The van der Waals surface area contributed by atoms with Gasteiger partial charge >= 0.3 is 5.97 Å². The molecule has 0 aliphatic carbocycles. The van der Waals surface area contributed by atoms with Crippen LogP contribution in [0.2, 0.25) is 39.3 Å². The van der Waals surface area contributed by atoms with Crippen molar-refractivity contribution in [3.05, 3.63) is 36.5 Å². The van der Waals surface area contributed by atoms with Crippen LogP contribution < -0.4 is 0 Å². The number of methoxy groups -OCH3 is 1. The summed E-state index contributed by atoms with van der Waals surface area (Å²) in [6, 6.07) is 0. The van der Waals surface area contributed by atoms with Gasteiger partial charge in [0, 0.05) is 6.42 Å². The average molecular weight is 469 g/mol. The Hall–Kier alpha value is -0.956. The molecule has 31 heavy (non-hydrogen) atoms. The number of carbonyl (C=O) groups excluding carboxylic acids is 1. The quantitative estimate of drug-likeness (QED) is 0.0964. The molecule has 180 valence electrons. The fourth-order valence-electron chi connectivity index (χ4n) is 3.16. The maximum atomic E-state index is 11.2. The molecule has 6 heteroatoms. The number of hydrogen-bond donors (Lipinski definition) is 0. The second-order valence-corrected chi connectivity index (χ2v) is 18.9. The molecule has 0 bridgehead atoms. The Morgan fingerprint density at radius 2 is 1.39 bits per heavy atom. The van der Waals surface area contributed by atoms with E-state index >= 15 is 0 Å². The maximum Gasteiger partial charge on any atom is 0.305 e. The van der Waals surface area contributed by atoms with Crippen LogP contribution in [0.5, 0.6) is 0 Å². The molecule has 2 atom stereocenters. The zero-order chi connectivity index (χ0) is 23.8. The van der Waals surface area contributed by atoms with E-state index in [2.05, 4.69) is 82.7 Å². The molecule has 0 aromatic rings. The topological polar surface area (TPSA) is 44.8 Å². The molecule has 0 fully saturated rings. The molecule has 0 spiro atoms. The first-order valence-corrected chi connectivity index (χ1v) is 18.7. The van der Waals surface area contributed by atoms with E-state index < -0.39 is 16.6 Å². The molecule has 0 rings (SSSR count). The Kier molecular flexibility index (Phi) is 16.1. The minimum Gasteiger partial charge on any atom is -0.469 e. The lowest BCUT2D eigenvalue weighted by molar-refractivity contribution is -0.140. The first kappa shape index (κ1) is 30.0. The lowest BCUT2D eigenvalue weighted by Crippen LogP contribution is -2.43. The summed E-state index contributed by atoms with van der Waals surface area (Å²) in [5.74, 6) is -0.110. The largest absolute Gasteiger partial charge is 0.469 e. The molecule has 0 saturated heterocycles. The highest BCUT2D eigenvalue weighted by Gasteiger charge is 2.30. The molecule has 0 radical (unpaired) electrons. The normalized spacial score (nSPS) is 15.2. The molecule has 0 amide bonds. The van der Waals surface area contributed by atoms with E-state index in [9.17, 15) is 4.79 Å². The van der Waals surface area contributed by atoms with Gasteiger partial charge in [0.2, 0.25) is 0 Å². The number of unbranched alkanes of at least 4 members (excludes halogenated alkanes) is 4. The van der Waals surface area contributed by atoms with Crippen LogP contribution in [0.3, 0.4) is 0 Å². The maximum absolute atomic E-state index is 11.2. The van der Waals surface area contributed by atoms with E-state index in [1.807, 2.05) is 0 Å². The van der Waals surface area contributed by atoms with Gasteiger partial charge in [0.05, 0.1) is 19.3 Å². The molecular formula is C25H48O4Si2. The van der Waals surface area contributed by atoms with Crippen molar-refractivity contribution in [1.82, 2.24) is 0 Å². The van der Waals surface area contributed by atoms with Crippen molar-refractivity contribution < 1.29 is 18.4 Å². The second-order valence-electron chi connectivity index (χ2n) is 9.95. The van der Waals surface area contributed by atoms with Gasteiger partial charge in [-0.15, -0.1) is 0 Å². The van der Waals surface area contributed by atoms with E-state index in [-0.39, 0.29) is 18.2 Å². The molecule has 0 aromatic heterocycles. The van der Waals surface area contributed by atoms with Gasteiger partial charge in [0.1, 0.15) is 0 Å². The summed E-state index contributed by atoms with van der Waals surface area (Å²) in [6.07, 6.45) is 20.6. The van der Waals surface area contributed by atoms with Crippen LogP contribution in [-0.2, 0) is 18.4 Å². The number of carbonyl (C=O) groups is 1. The second kappa shape index (κ2) is 16.6. The molecular weight excluding hydrogens is 420 g/mol. The number of rotatable bonds is 17. The van der Waals surface area contributed by atoms with Crippen molar-refractivity contribution in [3.63, 3.8) is 0 Å². The van der Waals surface area contributed by atoms with E-state index in [0.717, 1.165) is 44.9 Å². The van der Waals surface area contributed by atoms with Crippen molar-refractivity contribution in [3.8, 4) is 0 Å². The molecule has 4 nitrogen and oxygen atoms in total. The smallest absolute Gasteiger partial charge is 0.305 e. The van der Waals surface area contributed by atoms with Gasteiger partial charge in [-0.3, -0.25) is 4.79 Å². The third-order valence-electron chi connectivity index (χ3n) is 4.46. The third-order valence-corrected chi connectivity index (χ3v) is 6.45. The minimum absolute atomic E-state index is 0.0162. The van der Waals surface area contributed by atoms with Gasteiger partial charge in [-0.2, -0.15) is 0 Å². The summed E-state index contributed by atoms with van der Waals surface area (Å²) < 4.78 is 17.9. The molecule has 0 heterocycles. The first-order valence-electron chi connectivity index (χ1n) is 11.9. The van der Waals surface area contributed by atoms with Crippen molar-refractivity contribution in [2.24, 2.45) is 0 Å². The van der Waals surface area contributed by atoms with Gasteiger partial charge in [-0.25, -0.2) is 0 Å². The highest BCUT2D eigenvalue weighted by molar-refractivity contribution is 6.70. The molecule has 0 aromatic carbocycles. The van der Waals surface area contributed by atoms with E-state index in [4.69, 9.17) is 13.6 Å². The van der Waals surface area contributed by atoms with Crippen LogP contribution >= 0.6 is 0 Å². The SMILES string of the molecule is CC\C=C/C=C/C=C/[C@@H](O[Si](C)(C)C)[C@H](CCCCCCCC(=O)OC)O[Si](C)(C)C. The van der Waals surface area contributed by atoms with E-state index in [0.29, 0.717) is 6.42 Å². The summed E-state index contributed by atoms with van der Waals surface area (Å²) >= 11 is 0. The lowest BCUT2D eigenvalue weighted by atomic mass is 10.0. The summed E-state index contributed by atoms with van der Waals surface area (Å²) in [5, 5.41) is 0. The molecule has 0 aliphatic heterocycles. The van der Waals surface area contributed by atoms with Crippen LogP contribution in [-0.4, -0.2) is 41.9 Å². The predicted octanol–water partition coefficient (Wildman–Crippen LogP) is 7.41. The lowest BCUT2D eigenvalue weighted by Gasteiger charge is -2.35. The fraction of sp³-hybridized carbons (Fsp3) is 0.720. The average Bonchev–Trinajstić information content (AvgIpc) is 2.66. The van der Waals surface area contributed by atoms with Gasteiger partial charge in [-0.05, 0) is 58.5 Å². The van der Waals surface area contributed by atoms with Gasteiger partial charge in [-0.1, -0.05) is 69.1 Å². The summed E-state index contributed by atoms with van der Waals surface area (Å²) in [4.78, 5) is 11.2. The molecule has 0 aliphatic rings. The summed E-state index contributed by atoms with van der Waals surface area (Å²) in [5.41, 5.74) is 0. The summed E-state index contributed by atoms with van der Waals surface area (Å²) in [6.45, 7) is 15.6. The zero-order valence-electron chi connectivity index (χ0n) is 21.4. The number of esters is 1. The van der Waals surface area contributed by atoms with Crippen LogP contribution in [0.4, 0.5) is 0 Å². The van der Waals surface area contributed by atoms with Gasteiger partial charge in [0.15, 0.2) is 16.6 Å². The monoisotopic (exact) mass is 468 g/mol. The fourth-order valence-corrected chi connectivity index (χ4v) is 5.36. The Labute approximate surface area is 194 Å². The zero-order valence-corrected chi connectivity index (χ0v) is 23.4. The standard InChI is InChI=1S/C25H48O4Si2/c1-9-10-11-12-14-17-20-23(28-30(3,4)5)24(29-31(6,7)8)21-18-15-13-16-19-22-25(26)27-2/h10-12,14,17,20,23-24H,9,13,15-16,18-19,21-22H2,1-8H3/b11-10-,14-12+,20-17+/t23-,24+/m1/s1. The Bertz CT molecular complexity index is 557. The first-order chi connectivity index (χ1) is 14.5. The van der Waals surface area contributed by atoms with Crippen LogP contribution in [0, 0.1) is 0 Å². The highest BCUT2D eigenvalue weighted by atomic mass is 28.4. The van der Waals surface area contributed by atoms with Gasteiger partial charge in [0.25, 0.3) is 0 Å². The number of allylic oxidation sites excluding steroid dienone is 5. The number of ether oxygens (including phenoxy) is 1. The Morgan fingerprint density at radius 1 is 0.806 bits per heavy atom. The van der Waals surface area contributed by atoms with Crippen molar-refractivity contribution in [2.75, 3.05) is 7.11 Å². The predicted molar refractivity (Wildman–Crippen MR) is 138 cm³/mol. The molecule has 0 saturated carbocycles. The Balaban J connectivity index is 4.95. The van der Waals surface area contributed by atoms with Crippen molar-refractivity contribution >= 4 is 22.6 Å². The van der Waals surface area contributed by atoms with Crippen LogP contribution in [0.15, 0.2) is 36.5 Å². The van der Waals surface area contributed by atoms with E-state index in [1.54, 1.807) is 0 Å².